The van der Waals surface area contributed by atoms with E-state index < -0.39 is 35.4 Å². The van der Waals surface area contributed by atoms with Crippen LogP contribution in [0.1, 0.15) is 22.5 Å². The van der Waals surface area contributed by atoms with Crippen molar-refractivity contribution in [3.63, 3.8) is 0 Å². The normalized spacial score (nSPS) is 11.5. The lowest BCUT2D eigenvalue weighted by Crippen LogP contribution is -2.43. The molecule has 0 aliphatic heterocycles. The molecular weight excluding hydrogens is 452 g/mol. The maximum atomic E-state index is 12.5. The molecule has 11 nitrogen and oxygen atoms in total. The fourth-order valence-electron chi connectivity index (χ4n) is 2.36. The number of rotatable bonds is 10. The van der Waals surface area contributed by atoms with Crippen LogP contribution in [0.4, 0.5) is 11.5 Å². The highest BCUT2D eigenvalue weighted by molar-refractivity contribution is 7.98. The van der Waals surface area contributed by atoms with Gasteiger partial charge in [0, 0.05) is 18.2 Å². The Morgan fingerprint density at radius 1 is 1.35 bits per heavy atom. The first-order valence-electron chi connectivity index (χ1n) is 8.84. The molecule has 0 saturated heterocycles. The summed E-state index contributed by atoms with van der Waals surface area (Å²) in [5.74, 6) is -0.943. The summed E-state index contributed by atoms with van der Waals surface area (Å²) in [7, 11) is 0. The Kier molecular flexibility index (Phi) is 8.82. The second-order valence-electron chi connectivity index (χ2n) is 6.21. The van der Waals surface area contributed by atoms with Gasteiger partial charge in [-0.1, -0.05) is 16.8 Å². The van der Waals surface area contributed by atoms with E-state index in [1.165, 1.54) is 23.9 Å². The lowest BCUT2D eigenvalue weighted by atomic mass is 10.1. The summed E-state index contributed by atoms with van der Waals surface area (Å²) in [5, 5.41) is 19.2. The second kappa shape index (κ2) is 11.3. The zero-order valence-electron chi connectivity index (χ0n) is 16.5. The molecule has 31 heavy (non-hydrogen) atoms. The van der Waals surface area contributed by atoms with Crippen molar-refractivity contribution in [1.29, 1.82) is 0 Å². The van der Waals surface area contributed by atoms with E-state index >= 15 is 0 Å². The van der Waals surface area contributed by atoms with Gasteiger partial charge in [0.1, 0.15) is 11.8 Å². The maximum Gasteiger partial charge on any atom is 0.329 e. The summed E-state index contributed by atoms with van der Waals surface area (Å²) in [5.41, 5.74) is -0.304. The van der Waals surface area contributed by atoms with Crippen LogP contribution in [-0.4, -0.2) is 52.5 Å². The summed E-state index contributed by atoms with van der Waals surface area (Å²) in [6.07, 6.45) is 2.06. The predicted molar refractivity (Wildman–Crippen MR) is 113 cm³/mol. The van der Waals surface area contributed by atoms with Crippen LogP contribution in [0.2, 0.25) is 5.02 Å². The average Bonchev–Trinajstić information content (AvgIpc) is 3.13. The summed E-state index contributed by atoms with van der Waals surface area (Å²) in [6.45, 7) is 1.06. The smallest absolute Gasteiger partial charge is 0.329 e. The Bertz CT molecular complexity index is 982. The van der Waals surface area contributed by atoms with Crippen molar-refractivity contribution in [3.05, 3.63) is 50.7 Å². The zero-order chi connectivity index (χ0) is 23.0. The van der Waals surface area contributed by atoms with E-state index in [0.717, 1.165) is 12.1 Å². The number of esters is 1. The quantitative estimate of drug-likeness (QED) is 0.303. The van der Waals surface area contributed by atoms with Crippen LogP contribution in [0.15, 0.2) is 28.8 Å². The van der Waals surface area contributed by atoms with Gasteiger partial charge >= 0.3 is 5.97 Å². The molecule has 0 spiro atoms. The number of halogens is 1. The molecule has 1 atom stereocenters. The van der Waals surface area contributed by atoms with Crippen LogP contribution in [0.3, 0.4) is 0 Å². The van der Waals surface area contributed by atoms with Gasteiger partial charge in [-0.05, 0) is 31.4 Å². The number of carbonyl (C=O) groups excluding carboxylic acids is 3. The van der Waals surface area contributed by atoms with Crippen LogP contribution in [-0.2, 0) is 14.3 Å². The van der Waals surface area contributed by atoms with Gasteiger partial charge in [0.2, 0.25) is 0 Å². The van der Waals surface area contributed by atoms with E-state index in [4.69, 9.17) is 20.9 Å². The number of nitro benzene ring substituents is 1. The van der Waals surface area contributed by atoms with Gasteiger partial charge < -0.3 is 19.9 Å². The number of hydrogen-bond acceptors (Lipinski definition) is 9. The Hall–Kier alpha value is -3.12. The topological polar surface area (TPSA) is 154 Å². The Morgan fingerprint density at radius 2 is 2.10 bits per heavy atom. The standard InChI is InChI=1S/C18H19ClN4O7S/c1-10-7-15(22-30-10)21-16(24)9-29-18(26)14(5-6-31-2)20-17(25)12-4-3-11(23(27)28)8-13(12)19/h3-4,7-8,14H,5-6,9H2,1-2H3,(H,20,25)(H,21,22,24)/t14-/m0/s1. The minimum atomic E-state index is -1.05. The van der Waals surface area contributed by atoms with Gasteiger partial charge in [0.05, 0.1) is 15.5 Å². The summed E-state index contributed by atoms with van der Waals surface area (Å²) >= 11 is 7.41. The minimum absolute atomic E-state index is 0.0339. The molecule has 0 saturated carbocycles. The number of nitro groups is 1. The Morgan fingerprint density at radius 3 is 2.68 bits per heavy atom. The van der Waals surface area contributed by atoms with Crippen LogP contribution in [0.5, 0.6) is 0 Å². The predicted octanol–water partition coefficient (Wildman–Crippen LogP) is 2.58. The summed E-state index contributed by atoms with van der Waals surface area (Å²) < 4.78 is 9.82. The van der Waals surface area contributed by atoms with Gasteiger partial charge in [-0.15, -0.1) is 0 Å². The summed E-state index contributed by atoms with van der Waals surface area (Å²) in [4.78, 5) is 47.0. The zero-order valence-corrected chi connectivity index (χ0v) is 18.1. The minimum Gasteiger partial charge on any atom is -0.454 e. The number of anilines is 1. The van der Waals surface area contributed by atoms with Gasteiger partial charge in [0.15, 0.2) is 12.4 Å². The fraction of sp³-hybridized carbons (Fsp3) is 0.333. The Labute approximate surface area is 186 Å². The molecular formula is C18H19ClN4O7S. The number of thioether (sulfide) groups is 1. The molecule has 0 unspecified atom stereocenters. The number of carbonyl (C=O) groups is 3. The molecule has 166 valence electrons. The monoisotopic (exact) mass is 470 g/mol. The van der Waals surface area contributed by atoms with E-state index in [1.807, 2.05) is 6.26 Å². The van der Waals surface area contributed by atoms with E-state index in [2.05, 4.69) is 15.8 Å². The molecule has 2 N–H and O–H groups in total. The Balaban J connectivity index is 1.99. The van der Waals surface area contributed by atoms with Crippen LogP contribution in [0, 0.1) is 17.0 Å². The third-order valence-corrected chi connectivity index (χ3v) is 4.81. The van der Waals surface area contributed by atoms with E-state index in [9.17, 15) is 24.5 Å². The summed E-state index contributed by atoms with van der Waals surface area (Å²) in [6, 6.07) is 3.82. The number of benzene rings is 1. The number of amides is 2. The molecule has 0 fully saturated rings. The number of hydrogen-bond donors (Lipinski definition) is 2. The van der Waals surface area contributed by atoms with Gasteiger partial charge in [-0.3, -0.25) is 19.7 Å². The first-order valence-corrected chi connectivity index (χ1v) is 10.6. The molecule has 0 radical (unpaired) electrons. The van der Waals surface area contributed by atoms with E-state index in [0.29, 0.717) is 11.5 Å². The van der Waals surface area contributed by atoms with Crippen molar-refractivity contribution in [2.45, 2.75) is 19.4 Å². The second-order valence-corrected chi connectivity index (χ2v) is 7.60. The lowest BCUT2D eigenvalue weighted by Gasteiger charge is -2.17. The number of nitrogens with zero attached hydrogens (tertiary/aromatic N) is 2. The molecule has 1 heterocycles. The number of nitrogens with one attached hydrogen (secondary N) is 2. The SMILES string of the molecule is CSCC[C@H](NC(=O)c1ccc([N+](=O)[O-])cc1Cl)C(=O)OCC(=O)Nc1cc(C)on1. The van der Waals surface area contributed by atoms with Gasteiger partial charge in [0.25, 0.3) is 17.5 Å². The molecule has 1 aromatic carbocycles. The largest absolute Gasteiger partial charge is 0.454 e. The number of aryl methyl sites for hydroxylation is 1. The molecule has 2 amide bonds. The van der Waals surface area contributed by atoms with Crippen LogP contribution < -0.4 is 10.6 Å². The van der Waals surface area contributed by atoms with Crippen molar-refractivity contribution in [2.75, 3.05) is 23.9 Å². The van der Waals surface area contributed by atoms with Crippen LogP contribution in [0.25, 0.3) is 0 Å². The van der Waals surface area contributed by atoms with Gasteiger partial charge in [-0.2, -0.15) is 11.8 Å². The molecule has 13 heteroatoms. The molecule has 2 rings (SSSR count). The highest BCUT2D eigenvalue weighted by Gasteiger charge is 2.25. The van der Waals surface area contributed by atoms with Crippen LogP contribution >= 0.6 is 23.4 Å². The van der Waals surface area contributed by atoms with E-state index in [-0.39, 0.29) is 28.5 Å². The van der Waals surface area contributed by atoms with E-state index in [1.54, 1.807) is 6.92 Å². The first kappa shape index (κ1) is 24.2. The van der Waals surface area contributed by atoms with Gasteiger partial charge in [-0.25, -0.2) is 4.79 Å². The molecule has 1 aromatic heterocycles. The molecule has 0 aliphatic rings. The first-order chi connectivity index (χ1) is 14.7. The average molecular weight is 471 g/mol. The third-order valence-electron chi connectivity index (χ3n) is 3.85. The lowest BCUT2D eigenvalue weighted by molar-refractivity contribution is -0.384. The highest BCUT2D eigenvalue weighted by Crippen LogP contribution is 2.22. The highest BCUT2D eigenvalue weighted by atomic mass is 35.5. The number of aromatic nitrogens is 1. The molecule has 0 bridgehead atoms. The fourth-order valence-corrected chi connectivity index (χ4v) is 3.10. The third kappa shape index (κ3) is 7.26. The van der Waals surface area contributed by atoms with Crippen molar-refractivity contribution < 1.29 is 28.6 Å². The maximum absolute atomic E-state index is 12.5. The van der Waals surface area contributed by atoms with Crippen molar-refractivity contribution >= 4 is 52.7 Å². The molecule has 0 aliphatic carbocycles. The number of non-ortho nitro benzene ring substituents is 1. The van der Waals surface area contributed by atoms with Crippen molar-refractivity contribution in [2.24, 2.45) is 0 Å². The molecule has 2 aromatic rings. The van der Waals surface area contributed by atoms with Crippen molar-refractivity contribution in [1.82, 2.24) is 10.5 Å². The van der Waals surface area contributed by atoms with Crippen molar-refractivity contribution in [3.8, 4) is 0 Å². The number of ether oxygens (including phenoxy) is 1.